The second-order valence-electron chi connectivity index (χ2n) is 5.85. The number of likely N-dealkylation sites (tertiary alicyclic amines) is 1. The number of carbonyl (C=O) groups excluding carboxylic acids is 1. The zero-order chi connectivity index (χ0) is 15.2. The first kappa shape index (κ1) is 14.5. The van der Waals surface area contributed by atoms with Crippen LogP contribution >= 0.6 is 0 Å². The summed E-state index contributed by atoms with van der Waals surface area (Å²) in [7, 11) is -3.95. The molecule has 2 unspecified atom stereocenters. The first-order valence-electron chi connectivity index (χ1n) is 6.98. The second kappa shape index (κ2) is 5.06. The molecule has 1 amide bonds. The van der Waals surface area contributed by atoms with Gasteiger partial charge in [0.1, 0.15) is 5.82 Å². The van der Waals surface area contributed by atoms with Crippen molar-refractivity contribution in [2.45, 2.75) is 24.2 Å². The van der Waals surface area contributed by atoms with Crippen molar-refractivity contribution in [3.63, 3.8) is 0 Å². The third-order valence-corrected chi connectivity index (χ3v) is 5.42. The van der Waals surface area contributed by atoms with E-state index in [9.17, 15) is 17.6 Å². The molecule has 1 saturated carbocycles. The van der Waals surface area contributed by atoms with Gasteiger partial charge in [-0.3, -0.25) is 4.79 Å². The standard InChI is InChI=1S/C14H17FN2O3S/c15-13-5-4-11(21(16,19)20)6-12(13)14(18)17-7-9-2-1-3-10(9)8-17/h4-6,9-10H,1-3,7-8H2,(H2,16,19,20). The van der Waals surface area contributed by atoms with Gasteiger partial charge in [-0.15, -0.1) is 0 Å². The fourth-order valence-electron chi connectivity index (χ4n) is 3.42. The lowest BCUT2D eigenvalue weighted by molar-refractivity contribution is 0.0775. The van der Waals surface area contributed by atoms with Crippen LogP contribution in [0.15, 0.2) is 23.1 Å². The van der Waals surface area contributed by atoms with Gasteiger partial charge >= 0.3 is 0 Å². The van der Waals surface area contributed by atoms with Gasteiger partial charge in [-0.1, -0.05) is 6.42 Å². The number of halogens is 1. The molecule has 5 nitrogen and oxygen atoms in total. The number of hydrogen-bond donors (Lipinski definition) is 1. The fraction of sp³-hybridized carbons (Fsp3) is 0.500. The molecule has 114 valence electrons. The summed E-state index contributed by atoms with van der Waals surface area (Å²) in [5, 5.41) is 5.03. The minimum atomic E-state index is -3.95. The highest BCUT2D eigenvalue weighted by Crippen LogP contribution is 2.38. The Labute approximate surface area is 123 Å². The van der Waals surface area contributed by atoms with Crippen LogP contribution in [-0.2, 0) is 10.0 Å². The SMILES string of the molecule is NS(=O)(=O)c1ccc(F)c(C(=O)N2CC3CCCC3C2)c1. The molecule has 21 heavy (non-hydrogen) atoms. The molecule has 2 aliphatic rings. The van der Waals surface area contributed by atoms with Crippen molar-refractivity contribution in [2.24, 2.45) is 17.0 Å². The number of hydrogen-bond acceptors (Lipinski definition) is 3. The van der Waals surface area contributed by atoms with Crippen LogP contribution in [-0.4, -0.2) is 32.3 Å². The summed E-state index contributed by atoms with van der Waals surface area (Å²) in [5.74, 6) is -0.172. The third kappa shape index (κ3) is 2.67. The number of carbonyl (C=O) groups is 1. The van der Waals surface area contributed by atoms with Crippen LogP contribution in [0.2, 0.25) is 0 Å². The van der Waals surface area contributed by atoms with Crippen molar-refractivity contribution < 1.29 is 17.6 Å². The first-order chi connectivity index (χ1) is 9.86. The van der Waals surface area contributed by atoms with E-state index in [0.717, 1.165) is 31.0 Å². The normalized spacial score (nSPS) is 25.1. The lowest BCUT2D eigenvalue weighted by Crippen LogP contribution is -2.30. The van der Waals surface area contributed by atoms with E-state index in [4.69, 9.17) is 5.14 Å². The largest absolute Gasteiger partial charge is 0.338 e. The molecular weight excluding hydrogens is 295 g/mol. The van der Waals surface area contributed by atoms with Crippen molar-refractivity contribution in [3.8, 4) is 0 Å². The molecule has 1 aliphatic heterocycles. The van der Waals surface area contributed by atoms with E-state index < -0.39 is 21.7 Å². The maximum Gasteiger partial charge on any atom is 0.256 e. The number of sulfonamides is 1. The van der Waals surface area contributed by atoms with Crippen LogP contribution in [0.3, 0.4) is 0 Å². The minimum absolute atomic E-state index is 0.221. The summed E-state index contributed by atoms with van der Waals surface area (Å²) in [6, 6.07) is 3.07. The molecule has 1 saturated heterocycles. The van der Waals surface area contributed by atoms with E-state index in [1.54, 1.807) is 4.90 Å². The first-order valence-corrected chi connectivity index (χ1v) is 8.52. The van der Waals surface area contributed by atoms with Gasteiger partial charge in [0.25, 0.3) is 5.91 Å². The van der Waals surface area contributed by atoms with E-state index in [-0.39, 0.29) is 10.5 Å². The topological polar surface area (TPSA) is 80.5 Å². The van der Waals surface area contributed by atoms with Crippen LogP contribution in [0.4, 0.5) is 4.39 Å². The number of nitrogens with two attached hydrogens (primary N) is 1. The molecule has 1 aromatic carbocycles. The lowest BCUT2D eigenvalue weighted by atomic mass is 10.0. The maximum atomic E-state index is 13.9. The van der Waals surface area contributed by atoms with Crippen LogP contribution in [0.1, 0.15) is 29.6 Å². The zero-order valence-electron chi connectivity index (χ0n) is 11.5. The number of amides is 1. The van der Waals surface area contributed by atoms with Crippen molar-refractivity contribution >= 4 is 15.9 Å². The van der Waals surface area contributed by atoms with Gasteiger partial charge in [-0.25, -0.2) is 17.9 Å². The van der Waals surface area contributed by atoms with Crippen LogP contribution in [0.5, 0.6) is 0 Å². The average Bonchev–Trinajstić information content (AvgIpc) is 2.97. The Morgan fingerprint density at radius 2 is 1.86 bits per heavy atom. The summed E-state index contributed by atoms with van der Waals surface area (Å²) in [6.07, 6.45) is 3.40. The molecule has 0 spiro atoms. The van der Waals surface area contributed by atoms with Crippen molar-refractivity contribution in [1.29, 1.82) is 0 Å². The van der Waals surface area contributed by atoms with Crippen molar-refractivity contribution in [1.82, 2.24) is 4.90 Å². The molecule has 0 bridgehead atoms. The molecular formula is C14H17FN2O3S. The Morgan fingerprint density at radius 3 is 2.43 bits per heavy atom. The predicted molar refractivity (Wildman–Crippen MR) is 74.5 cm³/mol. The van der Waals surface area contributed by atoms with Crippen molar-refractivity contribution in [3.05, 3.63) is 29.6 Å². The third-order valence-electron chi connectivity index (χ3n) is 4.51. The number of primary sulfonamides is 1. The molecule has 0 aromatic heterocycles. The Kier molecular flexibility index (Phi) is 3.49. The molecule has 7 heteroatoms. The summed E-state index contributed by atoms with van der Waals surface area (Å²) >= 11 is 0. The van der Waals surface area contributed by atoms with Gasteiger partial charge in [-0.05, 0) is 42.9 Å². The van der Waals surface area contributed by atoms with E-state index in [1.807, 2.05) is 0 Å². The van der Waals surface area contributed by atoms with E-state index in [1.165, 1.54) is 6.42 Å². The van der Waals surface area contributed by atoms with Gasteiger partial charge in [0.05, 0.1) is 10.5 Å². The van der Waals surface area contributed by atoms with E-state index in [2.05, 4.69) is 0 Å². The van der Waals surface area contributed by atoms with Gasteiger partial charge in [0.2, 0.25) is 10.0 Å². The molecule has 1 aromatic rings. The molecule has 2 N–H and O–H groups in total. The van der Waals surface area contributed by atoms with Gasteiger partial charge in [0.15, 0.2) is 0 Å². The molecule has 2 atom stereocenters. The highest BCUT2D eigenvalue weighted by molar-refractivity contribution is 7.89. The van der Waals surface area contributed by atoms with E-state index in [0.29, 0.717) is 24.9 Å². The number of nitrogens with zero attached hydrogens (tertiary/aromatic N) is 1. The number of rotatable bonds is 2. The lowest BCUT2D eigenvalue weighted by Gasteiger charge is -2.18. The Morgan fingerprint density at radius 1 is 1.24 bits per heavy atom. The quantitative estimate of drug-likeness (QED) is 0.895. The highest BCUT2D eigenvalue weighted by Gasteiger charge is 2.38. The van der Waals surface area contributed by atoms with Gasteiger partial charge < -0.3 is 4.90 Å². The maximum absolute atomic E-state index is 13.9. The van der Waals surface area contributed by atoms with E-state index >= 15 is 0 Å². The molecule has 0 radical (unpaired) electrons. The average molecular weight is 312 g/mol. The monoisotopic (exact) mass is 312 g/mol. The van der Waals surface area contributed by atoms with Crippen LogP contribution in [0, 0.1) is 17.7 Å². The Hall–Kier alpha value is -1.47. The minimum Gasteiger partial charge on any atom is -0.338 e. The molecule has 2 fully saturated rings. The van der Waals surface area contributed by atoms with Crippen LogP contribution in [0.25, 0.3) is 0 Å². The Bertz CT molecular complexity index is 677. The highest BCUT2D eigenvalue weighted by atomic mass is 32.2. The fourth-order valence-corrected chi connectivity index (χ4v) is 3.96. The summed E-state index contributed by atoms with van der Waals surface area (Å²) in [6.45, 7) is 1.26. The molecule has 1 heterocycles. The van der Waals surface area contributed by atoms with Crippen LogP contribution < -0.4 is 5.14 Å². The molecule has 1 aliphatic carbocycles. The second-order valence-corrected chi connectivity index (χ2v) is 7.41. The molecule has 3 rings (SSSR count). The summed E-state index contributed by atoms with van der Waals surface area (Å²) in [4.78, 5) is 13.8. The predicted octanol–water partition coefficient (Wildman–Crippen LogP) is 1.35. The van der Waals surface area contributed by atoms with Crippen molar-refractivity contribution in [2.75, 3.05) is 13.1 Å². The Balaban J connectivity index is 1.88. The number of fused-ring (bicyclic) bond motifs is 1. The smallest absolute Gasteiger partial charge is 0.256 e. The van der Waals surface area contributed by atoms with Gasteiger partial charge in [0, 0.05) is 13.1 Å². The zero-order valence-corrected chi connectivity index (χ0v) is 12.3. The van der Waals surface area contributed by atoms with Gasteiger partial charge in [-0.2, -0.15) is 0 Å². The number of benzene rings is 1. The summed E-state index contributed by atoms with van der Waals surface area (Å²) < 4.78 is 36.5. The summed E-state index contributed by atoms with van der Waals surface area (Å²) in [5.41, 5.74) is -0.221.